The molecular weight excluding hydrogens is 246 g/mol. The lowest BCUT2D eigenvalue weighted by Crippen LogP contribution is -2.24. The number of hydrogen-bond acceptors (Lipinski definition) is 2. The highest BCUT2D eigenvalue weighted by molar-refractivity contribution is 9.10. The third-order valence-corrected chi connectivity index (χ3v) is 2.26. The number of rotatable bonds is 3. The van der Waals surface area contributed by atoms with E-state index in [1.807, 2.05) is 24.3 Å². The van der Waals surface area contributed by atoms with E-state index in [0.29, 0.717) is 0 Å². The van der Waals surface area contributed by atoms with Crippen LogP contribution >= 0.6 is 15.9 Å². The van der Waals surface area contributed by atoms with Crippen molar-refractivity contribution in [2.75, 3.05) is 6.61 Å². The topological polar surface area (TPSA) is 84.6 Å². The van der Waals surface area contributed by atoms with Gasteiger partial charge in [0.2, 0.25) is 0 Å². The molecule has 0 amide bonds. The second-order valence-electron chi connectivity index (χ2n) is 2.80. The maximum atomic E-state index is 9.07. The molecule has 0 radical (unpaired) electrons. The minimum Gasteiger partial charge on any atom is -0.394 e. The van der Waals surface area contributed by atoms with Crippen molar-refractivity contribution in [2.45, 2.75) is 6.04 Å². The van der Waals surface area contributed by atoms with Crippen LogP contribution in [0.1, 0.15) is 11.6 Å². The summed E-state index contributed by atoms with van der Waals surface area (Å²) in [6.45, 7) is -0.112. The highest BCUT2D eigenvalue weighted by atomic mass is 79.9. The lowest BCUT2D eigenvalue weighted by Gasteiger charge is -2.09. The molecule has 76 valence electrons. The molecule has 4 nitrogen and oxygen atoms in total. The predicted octanol–water partition coefficient (Wildman–Crippen LogP) is 0.756. The minimum absolute atomic E-state index is 0.0213. The van der Waals surface area contributed by atoms with E-state index >= 15 is 0 Å². The van der Waals surface area contributed by atoms with Crippen molar-refractivity contribution in [2.24, 2.45) is 16.5 Å². The van der Waals surface area contributed by atoms with E-state index in [2.05, 4.69) is 20.9 Å². The summed E-state index contributed by atoms with van der Waals surface area (Å²) in [5.74, 6) is -0.0213. The number of aliphatic imine (C=N–C) groups is 1. The zero-order valence-corrected chi connectivity index (χ0v) is 9.11. The molecule has 0 aliphatic heterocycles. The molecular formula is C9H12BrN3O. The van der Waals surface area contributed by atoms with Crippen LogP contribution in [0.4, 0.5) is 0 Å². The molecule has 5 heteroatoms. The number of guanidine groups is 1. The first-order valence-corrected chi connectivity index (χ1v) is 4.88. The molecule has 0 saturated carbocycles. The summed E-state index contributed by atoms with van der Waals surface area (Å²) in [6, 6.07) is 7.09. The molecule has 1 rings (SSSR count). The molecule has 0 saturated heterocycles. The summed E-state index contributed by atoms with van der Waals surface area (Å²) in [4.78, 5) is 3.90. The van der Waals surface area contributed by atoms with Gasteiger partial charge in [0, 0.05) is 4.47 Å². The Hall–Kier alpha value is -1.07. The number of nitrogens with zero attached hydrogens (tertiary/aromatic N) is 1. The summed E-state index contributed by atoms with van der Waals surface area (Å²) in [5.41, 5.74) is 11.4. The van der Waals surface area contributed by atoms with Gasteiger partial charge in [-0.3, -0.25) is 0 Å². The fourth-order valence-corrected chi connectivity index (χ4v) is 1.35. The first-order valence-electron chi connectivity index (χ1n) is 4.08. The number of aliphatic hydroxyl groups excluding tert-OH is 1. The molecule has 1 aromatic carbocycles. The molecule has 1 aromatic rings. The maximum Gasteiger partial charge on any atom is 0.186 e. The molecule has 0 spiro atoms. The summed E-state index contributed by atoms with van der Waals surface area (Å²) in [5, 5.41) is 9.07. The number of benzene rings is 1. The fourth-order valence-electron chi connectivity index (χ4n) is 1.09. The Labute approximate surface area is 90.8 Å². The van der Waals surface area contributed by atoms with Crippen LogP contribution in [-0.2, 0) is 0 Å². The maximum absolute atomic E-state index is 9.07. The quantitative estimate of drug-likeness (QED) is 0.552. The monoisotopic (exact) mass is 257 g/mol. The molecule has 1 atom stereocenters. The Bertz CT molecular complexity index is 319. The summed E-state index contributed by atoms with van der Waals surface area (Å²) in [6.07, 6.45) is 0. The first-order chi connectivity index (χ1) is 6.63. The Morgan fingerprint density at radius 1 is 1.36 bits per heavy atom. The number of halogens is 1. The van der Waals surface area contributed by atoms with Gasteiger partial charge in [-0.15, -0.1) is 0 Å². The average molecular weight is 258 g/mol. The highest BCUT2D eigenvalue weighted by Crippen LogP contribution is 2.19. The molecule has 0 aliphatic rings. The lowest BCUT2D eigenvalue weighted by molar-refractivity contribution is 0.269. The van der Waals surface area contributed by atoms with Crippen molar-refractivity contribution < 1.29 is 5.11 Å². The Kier molecular flexibility index (Phi) is 3.91. The zero-order valence-electron chi connectivity index (χ0n) is 7.52. The molecule has 0 fully saturated rings. The summed E-state index contributed by atoms with van der Waals surface area (Å²) in [7, 11) is 0. The van der Waals surface area contributed by atoms with Crippen molar-refractivity contribution in [1.29, 1.82) is 0 Å². The van der Waals surface area contributed by atoms with Crippen molar-refractivity contribution >= 4 is 21.9 Å². The SMILES string of the molecule is NC(N)=NC(CO)c1ccc(Br)cc1. The third kappa shape index (κ3) is 3.01. The molecule has 14 heavy (non-hydrogen) atoms. The normalized spacial score (nSPS) is 12.1. The molecule has 0 aromatic heterocycles. The van der Waals surface area contributed by atoms with Gasteiger partial charge in [0.1, 0.15) is 6.04 Å². The van der Waals surface area contributed by atoms with E-state index in [0.717, 1.165) is 10.0 Å². The van der Waals surface area contributed by atoms with Crippen LogP contribution in [0.3, 0.4) is 0 Å². The predicted molar refractivity (Wildman–Crippen MR) is 59.8 cm³/mol. The van der Waals surface area contributed by atoms with Crippen molar-refractivity contribution in [3.05, 3.63) is 34.3 Å². The third-order valence-electron chi connectivity index (χ3n) is 1.73. The van der Waals surface area contributed by atoms with Crippen molar-refractivity contribution in [3.8, 4) is 0 Å². The van der Waals surface area contributed by atoms with E-state index in [4.69, 9.17) is 16.6 Å². The zero-order chi connectivity index (χ0) is 10.6. The van der Waals surface area contributed by atoms with E-state index < -0.39 is 0 Å². The molecule has 0 aliphatic carbocycles. The molecule has 1 unspecified atom stereocenters. The minimum atomic E-state index is -0.381. The van der Waals surface area contributed by atoms with Crippen LogP contribution in [0.15, 0.2) is 33.7 Å². The standard InChI is InChI=1S/C9H12BrN3O/c10-7-3-1-6(2-4-7)8(5-14)13-9(11)12/h1-4,8,14H,5H2,(H4,11,12,13). The number of nitrogens with two attached hydrogens (primary N) is 2. The van der Waals surface area contributed by atoms with Crippen molar-refractivity contribution in [3.63, 3.8) is 0 Å². The van der Waals surface area contributed by atoms with E-state index in [-0.39, 0.29) is 18.6 Å². The number of hydrogen-bond donors (Lipinski definition) is 3. The van der Waals surface area contributed by atoms with Gasteiger partial charge in [-0.2, -0.15) is 0 Å². The van der Waals surface area contributed by atoms with E-state index in [1.165, 1.54) is 0 Å². The smallest absolute Gasteiger partial charge is 0.186 e. The average Bonchev–Trinajstić information content (AvgIpc) is 2.15. The van der Waals surface area contributed by atoms with E-state index in [9.17, 15) is 0 Å². The summed E-state index contributed by atoms with van der Waals surface area (Å²) >= 11 is 3.32. The Morgan fingerprint density at radius 2 is 1.93 bits per heavy atom. The fraction of sp³-hybridized carbons (Fsp3) is 0.222. The lowest BCUT2D eigenvalue weighted by atomic mass is 10.1. The second-order valence-corrected chi connectivity index (χ2v) is 3.72. The van der Waals surface area contributed by atoms with Crippen LogP contribution in [0.2, 0.25) is 0 Å². The van der Waals surface area contributed by atoms with Gasteiger partial charge in [0.15, 0.2) is 5.96 Å². The molecule has 0 heterocycles. The van der Waals surface area contributed by atoms with Crippen LogP contribution < -0.4 is 11.5 Å². The second kappa shape index (κ2) is 4.97. The Morgan fingerprint density at radius 3 is 2.36 bits per heavy atom. The summed E-state index contributed by atoms with van der Waals surface area (Å²) < 4.78 is 0.975. The number of aliphatic hydroxyl groups is 1. The van der Waals surface area contributed by atoms with Crippen LogP contribution in [0.25, 0.3) is 0 Å². The van der Waals surface area contributed by atoms with E-state index in [1.54, 1.807) is 0 Å². The highest BCUT2D eigenvalue weighted by Gasteiger charge is 2.08. The van der Waals surface area contributed by atoms with Crippen LogP contribution in [-0.4, -0.2) is 17.7 Å². The molecule has 0 bridgehead atoms. The van der Waals surface area contributed by atoms with Crippen LogP contribution in [0, 0.1) is 0 Å². The molecule has 5 N–H and O–H groups in total. The van der Waals surface area contributed by atoms with Gasteiger partial charge in [0.05, 0.1) is 6.61 Å². The van der Waals surface area contributed by atoms with Gasteiger partial charge in [-0.25, -0.2) is 4.99 Å². The van der Waals surface area contributed by atoms with Gasteiger partial charge in [-0.05, 0) is 17.7 Å². The van der Waals surface area contributed by atoms with Gasteiger partial charge < -0.3 is 16.6 Å². The van der Waals surface area contributed by atoms with Gasteiger partial charge in [-0.1, -0.05) is 28.1 Å². The van der Waals surface area contributed by atoms with Gasteiger partial charge >= 0.3 is 0 Å². The van der Waals surface area contributed by atoms with Crippen LogP contribution in [0.5, 0.6) is 0 Å². The van der Waals surface area contributed by atoms with Crippen molar-refractivity contribution in [1.82, 2.24) is 0 Å². The van der Waals surface area contributed by atoms with Gasteiger partial charge in [0.25, 0.3) is 0 Å². The first kappa shape index (κ1) is 11.0. The largest absolute Gasteiger partial charge is 0.394 e. The Balaban J connectivity index is 2.90.